The normalized spacial score (nSPS) is 33.5. The fraction of sp³-hybridized carbons (Fsp3) is 0.786. The summed E-state index contributed by atoms with van der Waals surface area (Å²) < 4.78 is 0. The second kappa shape index (κ2) is 4.90. The maximum absolute atomic E-state index is 12.4. The van der Waals surface area contributed by atoms with Gasteiger partial charge in [0, 0.05) is 18.7 Å². The third-order valence-corrected chi connectivity index (χ3v) is 6.62. The average Bonchev–Trinajstić information content (AvgIpc) is 2.85. The largest absolute Gasteiger partial charge is 0.481 e. The Morgan fingerprint density at radius 2 is 2.14 bits per heavy atom. The molecular weight excluding hydrogens is 292 g/mol. The Balaban J connectivity index is 1.64. The first kappa shape index (κ1) is 14.7. The lowest BCUT2D eigenvalue weighted by Gasteiger charge is -2.38. The second-order valence-corrected chi connectivity index (χ2v) is 7.92. The van der Waals surface area contributed by atoms with Crippen LogP contribution in [0, 0.1) is 5.41 Å². The number of carboxylic acids is 1. The molecule has 2 amide bonds. The van der Waals surface area contributed by atoms with Crippen LogP contribution in [-0.2, 0) is 14.4 Å². The summed E-state index contributed by atoms with van der Waals surface area (Å²) in [6, 6.07) is -0.457. The van der Waals surface area contributed by atoms with E-state index in [1.807, 2.05) is 6.92 Å². The number of nitrogens with one attached hydrogen (secondary N) is 1. The lowest BCUT2D eigenvalue weighted by Crippen LogP contribution is -2.54. The van der Waals surface area contributed by atoms with Gasteiger partial charge in [0.25, 0.3) is 0 Å². The van der Waals surface area contributed by atoms with E-state index in [4.69, 9.17) is 0 Å². The van der Waals surface area contributed by atoms with Crippen LogP contribution in [0.3, 0.4) is 0 Å². The predicted octanol–water partition coefficient (Wildman–Crippen LogP) is 0.811. The molecule has 3 rings (SSSR count). The molecule has 6 nitrogen and oxygen atoms in total. The van der Waals surface area contributed by atoms with Gasteiger partial charge in [0.05, 0.1) is 10.3 Å². The Morgan fingerprint density at radius 3 is 2.71 bits per heavy atom. The van der Waals surface area contributed by atoms with Crippen LogP contribution in [0.25, 0.3) is 0 Å². The number of thioether (sulfide) groups is 1. The SMILES string of the molecule is CC12CCC(=O)N1C(C(=O)NCC1(C(=O)O)CCC1)CS2. The lowest BCUT2D eigenvalue weighted by molar-refractivity contribution is -0.154. The molecule has 1 aliphatic carbocycles. The molecule has 2 saturated heterocycles. The molecule has 116 valence electrons. The van der Waals surface area contributed by atoms with Crippen LogP contribution in [0.5, 0.6) is 0 Å². The Kier molecular flexibility index (Phi) is 3.43. The fourth-order valence-electron chi connectivity index (χ4n) is 3.46. The molecule has 2 aliphatic heterocycles. The first-order valence-corrected chi connectivity index (χ1v) is 8.34. The molecule has 2 N–H and O–H groups in total. The van der Waals surface area contributed by atoms with E-state index in [1.165, 1.54) is 0 Å². The Bertz CT molecular complexity index is 505. The molecule has 3 fully saturated rings. The number of fused-ring (bicyclic) bond motifs is 1. The molecule has 0 aromatic carbocycles. The van der Waals surface area contributed by atoms with Crippen molar-refractivity contribution in [1.29, 1.82) is 0 Å². The zero-order valence-electron chi connectivity index (χ0n) is 12.1. The van der Waals surface area contributed by atoms with Gasteiger partial charge in [0.2, 0.25) is 11.8 Å². The van der Waals surface area contributed by atoms with Crippen molar-refractivity contribution in [2.75, 3.05) is 12.3 Å². The topological polar surface area (TPSA) is 86.7 Å². The highest BCUT2D eigenvalue weighted by Crippen LogP contribution is 2.47. The number of carbonyl (C=O) groups excluding carboxylic acids is 2. The van der Waals surface area contributed by atoms with Crippen molar-refractivity contribution in [3.63, 3.8) is 0 Å². The summed E-state index contributed by atoms with van der Waals surface area (Å²) in [5, 5.41) is 12.0. The van der Waals surface area contributed by atoms with Gasteiger partial charge in [0.15, 0.2) is 0 Å². The van der Waals surface area contributed by atoms with E-state index in [0.717, 1.165) is 12.8 Å². The summed E-state index contributed by atoms with van der Waals surface area (Å²) in [6.45, 7) is 2.17. The van der Waals surface area contributed by atoms with Crippen LogP contribution >= 0.6 is 11.8 Å². The number of carboxylic acid groups (broad SMARTS) is 1. The molecule has 0 spiro atoms. The number of aliphatic carboxylic acids is 1. The summed E-state index contributed by atoms with van der Waals surface area (Å²) in [6.07, 6.45) is 3.39. The van der Waals surface area contributed by atoms with E-state index in [9.17, 15) is 19.5 Å². The summed E-state index contributed by atoms with van der Waals surface area (Å²) in [5.74, 6) is -0.432. The summed E-state index contributed by atoms with van der Waals surface area (Å²) in [5.41, 5.74) is -0.792. The van der Waals surface area contributed by atoms with Gasteiger partial charge in [-0.1, -0.05) is 6.42 Å². The maximum atomic E-state index is 12.4. The summed E-state index contributed by atoms with van der Waals surface area (Å²) >= 11 is 1.64. The third-order valence-electron chi connectivity index (χ3n) is 5.11. The highest BCUT2D eigenvalue weighted by Gasteiger charge is 2.53. The van der Waals surface area contributed by atoms with Crippen molar-refractivity contribution < 1.29 is 19.5 Å². The molecule has 0 radical (unpaired) electrons. The van der Waals surface area contributed by atoms with Crippen molar-refractivity contribution in [2.45, 2.75) is 49.9 Å². The summed E-state index contributed by atoms with van der Waals surface area (Å²) in [4.78, 5) is 37.1. The van der Waals surface area contributed by atoms with Gasteiger partial charge in [0.1, 0.15) is 6.04 Å². The molecule has 7 heteroatoms. The van der Waals surface area contributed by atoms with Crippen molar-refractivity contribution in [3.8, 4) is 0 Å². The van der Waals surface area contributed by atoms with Crippen molar-refractivity contribution in [2.24, 2.45) is 5.41 Å². The molecule has 21 heavy (non-hydrogen) atoms. The van der Waals surface area contributed by atoms with Crippen LogP contribution in [0.1, 0.15) is 39.0 Å². The van der Waals surface area contributed by atoms with Crippen molar-refractivity contribution in [1.82, 2.24) is 10.2 Å². The fourth-order valence-corrected chi connectivity index (χ4v) is 4.89. The van der Waals surface area contributed by atoms with E-state index < -0.39 is 17.4 Å². The standard InChI is InChI=1S/C14H20N2O4S/c1-13-6-3-10(17)16(13)9(7-21-13)11(18)15-8-14(12(19)20)4-2-5-14/h9H,2-8H2,1H3,(H,15,18)(H,19,20). The Morgan fingerprint density at radius 1 is 1.43 bits per heavy atom. The predicted molar refractivity (Wildman–Crippen MR) is 77.7 cm³/mol. The zero-order chi connectivity index (χ0) is 15.3. The number of amides is 2. The van der Waals surface area contributed by atoms with Gasteiger partial charge in [-0.2, -0.15) is 0 Å². The van der Waals surface area contributed by atoms with Crippen LogP contribution in [0.4, 0.5) is 0 Å². The van der Waals surface area contributed by atoms with Crippen LogP contribution in [-0.4, -0.2) is 51.0 Å². The molecule has 0 bridgehead atoms. The molecule has 3 aliphatic rings. The van der Waals surface area contributed by atoms with E-state index in [-0.39, 0.29) is 23.2 Å². The minimum absolute atomic E-state index is 0.0271. The first-order chi connectivity index (χ1) is 9.88. The molecular formula is C14H20N2O4S. The second-order valence-electron chi connectivity index (χ2n) is 6.42. The average molecular weight is 312 g/mol. The molecule has 1 saturated carbocycles. The monoisotopic (exact) mass is 312 g/mol. The Hall–Kier alpha value is -1.24. The molecule has 0 aromatic rings. The molecule has 2 unspecified atom stereocenters. The Labute approximate surface area is 127 Å². The number of rotatable bonds is 4. The van der Waals surface area contributed by atoms with E-state index in [2.05, 4.69) is 5.32 Å². The summed E-state index contributed by atoms with van der Waals surface area (Å²) in [7, 11) is 0. The van der Waals surface area contributed by atoms with Gasteiger partial charge < -0.3 is 15.3 Å². The quantitative estimate of drug-likeness (QED) is 0.802. The minimum atomic E-state index is -0.836. The molecule has 0 aromatic heterocycles. The van der Waals surface area contributed by atoms with Crippen LogP contribution in [0.15, 0.2) is 0 Å². The number of nitrogens with zero attached hydrogens (tertiary/aromatic N) is 1. The van der Waals surface area contributed by atoms with Gasteiger partial charge >= 0.3 is 5.97 Å². The van der Waals surface area contributed by atoms with Gasteiger partial charge in [-0.15, -0.1) is 11.8 Å². The zero-order valence-corrected chi connectivity index (χ0v) is 12.9. The number of carbonyl (C=O) groups is 3. The highest BCUT2D eigenvalue weighted by atomic mass is 32.2. The first-order valence-electron chi connectivity index (χ1n) is 7.35. The van der Waals surface area contributed by atoms with Crippen LogP contribution in [0.2, 0.25) is 0 Å². The van der Waals surface area contributed by atoms with Crippen molar-refractivity contribution >= 4 is 29.5 Å². The van der Waals surface area contributed by atoms with Gasteiger partial charge in [-0.3, -0.25) is 14.4 Å². The molecule has 2 heterocycles. The van der Waals surface area contributed by atoms with Gasteiger partial charge in [-0.05, 0) is 26.2 Å². The maximum Gasteiger partial charge on any atom is 0.311 e. The third kappa shape index (κ3) is 2.22. The number of hydrogen-bond donors (Lipinski definition) is 2. The van der Waals surface area contributed by atoms with E-state index >= 15 is 0 Å². The van der Waals surface area contributed by atoms with Crippen molar-refractivity contribution in [3.05, 3.63) is 0 Å². The number of hydrogen-bond acceptors (Lipinski definition) is 4. The van der Waals surface area contributed by atoms with Gasteiger partial charge in [-0.25, -0.2) is 0 Å². The van der Waals surface area contributed by atoms with Crippen LogP contribution < -0.4 is 5.32 Å². The van der Waals surface area contributed by atoms with E-state index in [0.29, 0.717) is 25.0 Å². The lowest BCUT2D eigenvalue weighted by atomic mass is 9.69. The smallest absolute Gasteiger partial charge is 0.311 e. The minimum Gasteiger partial charge on any atom is -0.481 e. The van der Waals surface area contributed by atoms with E-state index in [1.54, 1.807) is 16.7 Å². The molecule has 2 atom stereocenters. The highest BCUT2D eigenvalue weighted by molar-refractivity contribution is 8.01.